The van der Waals surface area contributed by atoms with Crippen molar-refractivity contribution in [2.24, 2.45) is 5.73 Å². The minimum absolute atomic E-state index is 0. The molecule has 0 aliphatic carbocycles. The lowest BCUT2D eigenvalue weighted by Crippen LogP contribution is -2.32. The highest BCUT2D eigenvalue weighted by atomic mass is 35.5. The number of halogens is 1. The molecule has 28 heavy (non-hydrogen) atoms. The van der Waals surface area contributed by atoms with Gasteiger partial charge in [0.15, 0.2) is 0 Å². The molecule has 0 saturated heterocycles. The largest absolute Gasteiger partial charge is 0.350 e. The third-order valence-electron chi connectivity index (χ3n) is 4.64. The first-order valence-corrected chi connectivity index (χ1v) is 9.05. The van der Waals surface area contributed by atoms with Gasteiger partial charge in [-0.3, -0.25) is 4.79 Å². The van der Waals surface area contributed by atoms with Crippen molar-refractivity contribution < 1.29 is 4.79 Å². The van der Waals surface area contributed by atoms with Crippen molar-refractivity contribution in [3.05, 3.63) is 77.4 Å². The van der Waals surface area contributed by atoms with Crippen molar-refractivity contribution >= 4 is 18.3 Å². The third kappa shape index (κ3) is 4.97. The van der Waals surface area contributed by atoms with Gasteiger partial charge in [0.05, 0.1) is 5.69 Å². The van der Waals surface area contributed by atoms with E-state index in [9.17, 15) is 4.79 Å². The first kappa shape index (κ1) is 21.6. The Balaban J connectivity index is 0.00000280. The van der Waals surface area contributed by atoms with Crippen LogP contribution >= 0.6 is 12.4 Å². The van der Waals surface area contributed by atoms with Crippen LogP contribution in [-0.4, -0.2) is 27.2 Å². The van der Waals surface area contributed by atoms with E-state index < -0.39 is 0 Å². The molecule has 1 amide bonds. The third-order valence-corrected chi connectivity index (χ3v) is 4.64. The minimum Gasteiger partial charge on any atom is -0.350 e. The van der Waals surface area contributed by atoms with Crippen molar-refractivity contribution in [1.82, 2.24) is 20.1 Å². The Morgan fingerprint density at radius 2 is 1.82 bits per heavy atom. The lowest BCUT2D eigenvalue weighted by Gasteiger charge is -2.15. The van der Waals surface area contributed by atoms with E-state index in [2.05, 4.69) is 41.4 Å². The van der Waals surface area contributed by atoms with Crippen LogP contribution in [0.3, 0.4) is 0 Å². The maximum atomic E-state index is 12.5. The van der Waals surface area contributed by atoms with Crippen LogP contribution < -0.4 is 11.1 Å². The lowest BCUT2D eigenvalue weighted by molar-refractivity contribution is 0.0951. The van der Waals surface area contributed by atoms with E-state index in [0.29, 0.717) is 18.0 Å². The number of hydrogen-bond donors (Lipinski definition) is 2. The normalized spacial score (nSPS) is 11.8. The van der Waals surface area contributed by atoms with Gasteiger partial charge < -0.3 is 11.1 Å². The smallest absolute Gasteiger partial charge is 0.251 e. The highest BCUT2D eigenvalue weighted by Gasteiger charge is 2.12. The van der Waals surface area contributed by atoms with Gasteiger partial charge in [0.25, 0.3) is 5.91 Å². The summed E-state index contributed by atoms with van der Waals surface area (Å²) in [6, 6.07) is 13.5. The number of nitrogens with two attached hydrogens (primary N) is 1. The molecule has 3 aromatic rings. The molecule has 1 unspecified atom stereocenters. The average Bonchev–Trinajstić information content (AvgIpc) is 3.20. The van der Waals surface area contributed by atoms with Crippen molar-refractivity contribution in [1.29, 1.82) is 0 Å². The van der Waals surface area contributed by atoms with Gasteiger partial charge in [-0.2, -0.15) is 5.10 Å². The standard InChI is InChI=1S/C21H25N5O.ClH/c1-14(2)16-4-6-17(7-5-16)19(22)11-24-21(27)18-8-9-20(15(3)10-18)26-13-23-12-25-26;/h4-10,12-14,19H,11,22H2,1-3H3,(H,24,27);1H. The van der Waals surface area contributed by atoms with Gasteiger partial charge in [-0.25, -0.2) is 9.67 Å². The highest BCUT2D eigenvalue weighted by Crippen LogP contribution is 2.18. The molecule has 0 aliphatic heterocycles. The number of amides is 1. The number of rotatable bonds is 6. The lowest BCUT2D eigenvalue weighted by atomic mass is 9.99. The van der Waals surface area contributed by atoms with Gasteiger partial charge in [0.2, 0.25) is 0 Å². The summed E-state index contributed by atoms with van der Waals surface area (Å²) in [6.07, 6.45) is 3.11. The fourth-order valence-corrected chi connectivity index (χ4v) is 2.94. The molecule has 148 valence electrons. The van der Waals surface area contributed by atoms with Crippen molar-refractivity contribution in [2.75, 3.05) is 6.54 Å². The number of aromatic nitrogens is 3. The number of carbonyl (C=O) groups is 1. The molecular weight excluding hydrogens is 374 g/mol. The van der Waals surface area contributed by atoms with Crippen LogP contribution in [0, 0.1) is 6.92 Å². The highest BCUT2D eigenvalue weighted by molar-refractivity contribution is 5.94. The van der Waals surface area contributed by atoms with Gasteiger partial charge in [-0.05, 0) is 47.7 Å². The predicted octanol–water partition coefficient (Wildman–Crippen LogP) is 3.55. The molecule has 0 saturated carbocycles. The summed E-state index contributed by atoms with van der Waals surface area (Å²) in [6.45, 7) is 6.64. The molecule has 2 aromatic carbocycles. The Morgan fingerprint density at radius 1 is 1.14 bits per heavy atom. The van der Waals surface area contributed by atoms with Crippen LogP contribution in [0.4, 0.5) is 0 Å². The minimum atomic E-state index is -0.245. The second-order valence-corrected chi connectivity index (χ2v) is 6.98. The van der Waals surface area contributed by atoms with Gasteiger partial charge in [-0.15, -0.1) is 12.4 Å². The second kappa shape index (κ2) is 9.48. The quantitative estimate of drug-likeness (QED) is 0.663. The fraction of sp³-hybridized carbons (Fsp3) is 0.286. The van der Waals surface area contributed by atoms with Crippen LogP contribution in [0.1, 0.15) is 52.9 Å². The zero-order valence-electron chi connectivity index (χ0n) is 16.3. The number of nitrogens with one attached hydrogen (secondary N) is 1. The predicted molar refractivity (Wildman–Crippen MR) is 113 cm³/mol. The summed E-state index contributed by atoms with van der Waals surface area (Å²) in [4.78, 5) is 16.4. The Morgan fingerprint density at radius 3 is 2.39 bits per heavy atom. The van der Waals surface area contributed by atoms with Crippen LogP contribution in [0.2, 0.25) is 0 Å². The van der Waals surface area contributed by atoms with Crippen LogP contribution in [-0.2, 0) is 0 Å². The molecular formula is C21H26ClN5O. The van der Waals surface area contributed by atoms with Gasteiger partial charge >= 0.3 is 0 Å². The maximum Gasteiger partial charge on any atom is 0.251 e. The zero-order chi connectivity index (χ0) is 19.4. The first-order chi connectivity index (χ1) is 13.0. The molecule has 6 nitrogen and oxygen atoms in total. The molecule has 1 heterocycles. The Labute approximate surface area is 171 Å². The molecule has 3 rings (SSSR count). The fourth-order valence-electron chi connectivity index (χ4n) is 2.94. The van der Waals surface area contributed by atoms with Crippen molar-refractivity contribution in [2.45, 2.75) is 32.7 Å². The number of carbonyl (C=O) groups excluding carboxylic acids is 1. The van der Waals surface area contributed by atoms with Crippen molar-refractivity contribution in [3.8, 4) is 5.69 Å². The molecule has 0 aliphatic rings. The topological polar surface area (TPSA) is 85.8 Å². The molecule has 0 radical (unpaired) electrons. The number of aryl methyl sites for hydroxylation is 1. The van der Waals surface area contributed by atoms with E-state index >= 15 is 0 Å². The first-order valence-electron chi connectivity index (χ1n) is 9.05. The molecule has 1 atom stereocenters. The van der Waals surface area contributed by atoms with Gasteiger partial charge in [0.1, 0.15) is 12.7 Å². The van der Waals surface area contributed by atoms with E-state index in [1.165, 1.54) is 11.9 Å². The van der Waals surface area contributed by atoms with E-state index in [1.807, 2.05) is 31.2 Å². The summed E-state index contributed by atoms with van der Waals surface area (Å²) in [5.74, 6) is 0.344. The number of hydrogen-bond acceptors (Lipinski definition) is 4. The Bertz CT molecular complexity index is 907. The molecule has 7 heteroatoms. The average molecular weight is 400 g/mol. The van der Waals surface area contributed by atoms with Crippen molar-refractivity contribution in [3.63, 3.8) is 0 Å². The molecule has 0 fully saturated rings. The summed E-state index contributed by atoms with van der Waals surface area (Å²) >= 11 is 0. The van der Waals surface area contributed by atoms with E-state index in [1.54, 1.807) is 17.1 Å². The van der Waals surface area contributed by atoms with Crippen LogP contribution in [0.15, 0.2) is 55.1 Å². The molecule has 3 N–H and O–H groups in total. The molecule has 0 bridgehead atoms. The second-order valence-electron chi connectivity index (χ2n) is 6.98. The number of benzene rings is 2. The molecule has 1 aromatic heterocycles. The summed E-state index contributed by atoms with van der Waals surface area (Å²) in [7, 11) is 0. The summed E-state index contributed by atoms with van der Waals surface area (Å²) in [5.41, 5.74) is 11.0. The van der Waals surface area contributed by atoms with E-state index in [4.69, 9.17) is 5.73 Å². The molecule has 0 spiro atoms. The monoisotopic (exact) mass is 399 g/mol. The van der Waals surface area contributed by atoms with Crippen LogP contribution in [0.5, 0.6) is 0 Å². The maximum absolute atomic E-state index is 12.5. The van der Waals surface area contributed by atoms with Gasteiger partial charge in [0, 0.05) is 18.2 Å². The summed E-state index contributed by atoms with van der Waals surface area (Å²) < 4.78 is 1.67. The SMILES string of the molecule is Cc1cc(C(=O)NCC(N)c2ccc(C(C)C)cc2)ccc1-n1cncn1.Cl. The Hall–Kier alpha value is -2.70. The Kier molecular flexibility index (Phi) is 7.31. The summed E-state index contributed by atoms with van der Waals surface area (Å²) in [5, 5.41) is 7.04. The van der Waals surface area contributed by atoms with E-state index in [-0.39, 0.29) is 24.4 Å². The zero-order valence-corrected chi connectivity index (χ0v) is 17.1. The van der Waals surface area contributed by atoms with Gasteiger partial charge in [-0.1, -0.05) is 38.1 Å². The van der Waals surface area contributed by atoms with Crippen LogP contribution in [0.25, 0.3) is 5.69 Å². The number of nitrogens with zero attached hydrogens (tertiary/aromatic N) is 3. The van der Waals surface area contributed by atoms with E-state index in [0.717, 1.165) is 16.8 Å².